The maximum atomic E-state index is 11.1. The average Bonchev–Trinajstić information content (AvgIpc) is 3.47. The number of anilines is 1. The van der Waals surface area contributed by atoms with Gasteiger partial charge in [0.25, 0.3) is 0 Å². The first kappa shape index (κ1) is 22.3. The Kier molecular flexibility index (Phi) is 5.86. The maximum Gasteiger partial charge on any atom is 0.333 e. The highest BCUT2D eigenvalue weighted by Crippen LogP contribution is 2.41. The number of fused-ring (bicyclic) bond motifs is 2. The van der Waals surface area contributed by atoms with E-state index in [1.807, 2.05) is 16.8 Å². The Morgan fingerprint density at radius 2 is 2.03 bits per heavy atom. The van der Waals surface area contributed by atoms with E-state index in [1.165, 1.54) is 11.1 Å². The summed E-state index contributed by atoms with van der Waals surface area (Å²) >= 11 is 0. The second-order valence-corrected chi connectivity index (χ2v) is 10.3. The van der Waals surface area contributed by atoms with Gasteiger partial charge in [-0.3, -0.25) is 4.18 Å². The van der Waals surface area contributed by atoms with Gasteiger partial charge in [0.15, 0.2) is 0 Å². The maximum absolute atomic E-state index is 11.1. The third kappa shape index (κ3) is 4.35. The Labute approximate surface area is 193 Å². The van der Waals surface area contributed by atoms with Gasteiger partial charge in [-0.25, -0.2) is 15.1 Å². The van der Waals surface area contributed by atoms with Crippen LogP contribution < -0.4 is 10.5 Å². The zero-order valence-electron chi connectivity index (χ0n) is 18.5. The summed E-state index contributed by atoms with van der Waals surface area (Å²) in [5.74, 6) is 0.983. The quantitative estimate of drug-likeness (QED) is 0.483. The summed E-state index contributed by atoms with van der Waals surface area (Å²) in [6, 6.07) is 10.7. The van der Waals surface area contributed by atoms with Crippen LogP contribution in [0.1, 0.15) is 49.4 Å². The van der Waals surface area contributed by atoms with E-state index in [0.717, 1.165) is 29.7 Å². The minimum absolute atomic E-state index is 0.0232. The molecule has 0 amide bonds. The van der Waals surface area contributed by atoms with Crippen molar-refractivity contribution < 1.29 is 17.7 Å². The summed E-state index contributed by atoms with van der Waals surface area (Å²) in [7, 11) is -4.03. The van der Waals surface area contributed by atoms with E-state index in [2.05, 4.69) is 46.5 Å². The van der Waals surface area contributed by atoms with Crippen molar-refractivity contribution in [3.63, 3.8) is 0 Å². The number of rotatable bonds is 7. The molecule has 10 heteroatoms. The molecule has 0 unspecified atom stereocenters. The molecule has 3 aromatic rings. The number of nitrogens with two attached hydrogens (primary N) is 1. The molecule has 2 aromatic heterocycles. The highest BCUT2D eigenvalue weighted by molar-refractivity contribution is 7.84. The van der Waals surface area contributed by atoms with E-state index in [4.69, 9.17) is 9.32 Å². The Morgan fingerprint density at radius 3 is 2.82 bits per heavy atom. The lowest BCUT2D eigenvalue weighted by Crippen LogP contribution is -2.24. The van der Waals surface area contributed by atoms with Crippen LogP contribution in [0.2, 0.25) is 0 Å². The largest absolute Gasteiger partial charge is 0.393 e. The van der Waals surface area contributed by atoms with Crippen LogP contribution in [0.15, 0.2) is 42.9 Å². The molecular weight excluding hydrogens is 442 g/mol. The van der Waals surface area contributed by atoms with Crippen molar-refractivity contribution in [3.05, 3.63) is 54.0 Å². The van der Waals surface area contributed by atoms with Crippen LogP contribution in [0.3, 0.4) is 0 Å². The molecule has 0 bridgehead atoms. The number of hydrogen-bond acceptors (Lipinski definition) is 7. The number of aliphatic hydroxyl groups excluding tert-OH is 1. The fraction of sp³-hybridized carbons (Fsp3) is 0.478. The SMILES string of the molecule is CC[C@H]1Cc2ccccc2[C@H]1Nc1ncnc2c1ccn2[C@@H]1C[C@@H](COS(N)(=O)=O)[C@@H](O)C1. The molecule has 176 valence electrons. The predicted molar refractivity (Wildman–Crippen MR) is 125 cm³/mol. The monoisotopic (exact) mass is 471 g/mol. The summed E-state index contributed by atoms with van der Waals surface area (Å²) in [5.41, 5.74) is 3.50. The zero-order chi connectivity index (χ0) is 23.2. The van der Waals surface area contributed by atoms with Crippen LogP contribution in [0.5, 0.6) is 0 Å². The summed E-state index contributed by atoms with van der Waals surface area (Å²) in [6.07, 6.45) is 6.05. The molecular formula is C23H29N5O4S. The average molecular weight is 472 g/mol. The van der Waals surface area contributed by atoms with Crippen molar-refractivity contribution in [2.45, 2.75) is 50.8 Å². The van der Waals surface area contributed by atoms with E-state index >= 15 is 0 Å². The molecule has 9 nitrogen and oxygen atoms in total. The minimum atomic E-state index is -4.03. The number of aromatic nitrogens is 3. The molecule has 1 saturated carbocycles. The topological polar surface area (TPSA) is 132 Å². The van der Waals surface area contributed by atoms with Crippen LogP contribution in [-0.2, 0) is 20.9 Å². The lowest BCUT2D eigenvalue weighted by molar-refractivity contribution is 0.100. The molecule has 0 spiro atoms. The molecule has 2 aliphatic rings. The third-order valence-corrected chi connectivity index (χ3v) is 7.61. The molecule has 0 aliphatic heterocycles. The number of benzene rings is 1. The van der Waals surface area contributed by atoms with Crippen LogP contribution in [-0.4, -0.2) is 40.8 Å². The molecule has 2 aliphatic carbocycles. The Balaban J connectivity index is 1.39. The second-order valence-electron chi connectivity index (χ2n) is 9.11. The van der Waals surface area contributed by atoms with Gasteiger partial charge in [-0.1, -0.05) is 37.6 Å². The normalized spacial score (nSPS) is 27.2. The first-order chi connectivity index (χ1) is 15.8. The molecule has 2 heterocycles. The number of aliphatic hydroxyl groups is 1. The highest BCUT2D eigenvalue weighted by Gasteiger charge is 2.36. The van der Waals surface area contributed by atoms with Gasteiger partial charge >= 0.3 is 10.3 Å². The van der Waals surface area contributed by atoms with Crippen molar-refractivity contribution in [1.29, 1.82) is 0 Å². The van der Waals surface area contributed by atoms with E-state index in [0.29, 0.717) is 18.8 Å². The molecule has 1 aromatic carbocycles. The standard InChI is InChI=1S/C23H29N5O4S/c1-2-14-9-15-5-3-4-6-18(15)21(14)27-22-19-7-8-28(23(19)26-13-25-22)17-10-16(20(29)11-17)12-32-33(24,30)31/h3-8,13-14,16-17,20-21,29H,2,9-12H2,1H3,(H2,24,30,31)(H,25,26,27)/t14-,16-,17+,20-,21-/m0/s1. The van der Waals surface area contributed by atoms with Gasteiger partial charge in [-0.15, -0.1) is 0 Å². The van der Waals surface area contributed by atoms with Gasteiger partial charge in [0, 0.05) is 18.2 Å². The van der Waals surface area contributed by atoms with Crippen LogP contribution in [0, 0.1) is 11.8 Å². The molecule has 0 radical (unpaired) electrons. The minimum Gasteiger partial charge on any atom is -0.393 e. The van der Waals surface area contributed by atoms with E-state index in [-0.39, 0.29) is 24.6 Å². The van der Waals surface area contributed by atoms with Crippen molar-refractivity contribution in [2.24, 2.45) is 17.0 Å². The Morgan fingerprint density at radius 1 is 1.21 bits per heavy atom. The highest BCUT2D eigenvalue weighted by atomic mass is 32.2. The van der Waals surface area contributed by atoms with Crippen LogP contribution in [0.25, 0.3) is 11.0 Å². The molecule has 1 fully saturated rings. The van der Waals surface area contributed by atoms with Gasteiger partial charge in [0.1, 0.15) is 17.8 Å². The fourth-order valence-corrected chi connectivity index (χ4v) is 5.81. The van der Waals surface area contributed by atoms with E-state index in [1.54, 1.807) is 6.33 Å². The van der Waals surface area contributed by atoms with Crippen molar-refractivity contribution in [1.82, 2.24) is 14.5 Å². The van der Waals surface area contributed by atoms with E-state index < -0.39 is 16.4 Å². The third-order valence-electron chi connectivity index (χ3n) is 7.14. The fourth-order valence-electron chi connectivity index (χ4n) is 5.44. The second kappa shape index (κ2) is 8.68. The molecule has 5 atom stereocenters. The summed E-state index contributed by atoms with van der Waals surface area (Å²) < 4.78 is 29.0. The summed E-state index contributed by atoms with van der Waals surface area (Å²) in [6.45, 7) is 2.09. The lowest BCUT2D eigenvalue weighted by Gasteiger charge is -2.22. The molecule has 0 saturated heterocycles. The zero-order valence-corrected chi connectivity index (χ0v) is 19.3. The first-order valence-electron chi connectivity index (χ1n) is 11.3. The van der Waals surface area contributed by atoms with Gasteiger partial charge in [-0.2, -0.15) is 8.42 Å². The number of nitrogens with one attached hydrogen (secondary N) is 1. The van der Waals surface area contributed by atoms with Crippen LogP contribution in [0.4, 0.5) is 5.82 Å². The Hall–Kier alpha value is -2.53. The number of nitrogens with zero attached hydrogens (tertiary/aromatic N) is 3. The summed E-state index contributed by atoms with van der Waals surface area (Å²) in [4.78, 5) is 9.08. The van der Waals surface area contributed by atoms with Crippen molar-refractivity contribution >= 4 is 27.2 Å². The lowest BCUT2D eigenvalue weighted by atomic mass is 9.98. The van der Waals surface area contributed by atoms with Crippen molar-refractivity contribution in [3.8, 4) is 0 Å². The Bertz CT molecular complexity index is 1260. The molecule has 5 rings (SSSR count). The molecule has 4 N–H and O–H groups in total. The number of hydrogen-bond donors (Lipinski definition) is 3. The first-order valence-corrected chi connectivity index (χ1v) is 12.8. The van der Waals surface area contributed by atoms with Gasteiger partial charge in [0.2, 0.25) is 0 Å². The van der Waals surface area contributed by atoms with E-state index in [9.17, 15) is 13.5 Å². The van der Waals surface area contributed by atoms with Gasteiger partial charge < -0.3 is 15.0 Å². The van der Waals surface area contributed by atoms with Gasteiger partial charge in [0.05, 0.1) is 24.1 Å². The smallest absolute Gasteiger partial charge is 0.333 e. The van der Waals surface area contributed by atoms with Crippen molar-refractivity contribution in [2.75, 3.05) is 11.9 Å². The van der Waals surface area contributed by atoms with Crippen LogP contribution >= 0.6 is 0 Å². The van der Waals surface area contributed by atoms with Gasteiger partial charge in [-0.05, 0) is 42.4 Å². The predicted octanol–water partition coefficient (Wildman–Crippen LogP) is 2.70. The summed E-state index contributed by atoms with van der Waals surface area (Å²) in [5, 5.41) is 20.0. The molecule has 33 heavy (non-hydrogen) atoms.